The first kappa shape index (κ1) is 11.5. The maximum Gasteiger partial charge on any atom is 0.147 e. The minimum Gasteiger partial charge on any atom is -0.383 e. The zero-order valence-electron chi connectivity index (χ0n) is 8.18. The Morgan fingerprint density at radius 3 is 2.86 bits per heavy atom. The number of ether oxygens (including phenoxy) is 1. The van der Waals surface area contributed by atoms with Gasteiger partial charge >= 0.3 is 0 Å². The predicted octanol–water partition coefficient (Wildman–Crippen LogP) is 3.04. The van der Waals surface area contributed by atoms with Crippen LogP contribution in [0.3, 0.4) is 0 Å². The van der Waals surface area contributed by atoms with Crippen molar-refractivity contribution in [1.29, 1.82) is 0 Å². The molecule has 0 aromatic heterocycles. The molecule has 0 spiro atoms. The highest BCUT2D eigenvalue weighted by molar-refractivity contribution is 9.10. The fourth-order valence-corrected chi connectivity index (χ4v) is 1.50. The summed E-state index contributed by atoms with van der Waals surface area (Å²) in [4.78, 5) is 0. The van der Waals surface area contributed by atoms with Gasteiger partial charge < -0.3 is 10.1 Å². The zero-order chi connectivity index (χ0) is 10.6. The minimum absolute atomic E-state index is 0.0932. The summed E-state index contributed by atoms with van der Waals surface area (Å²) < 4.78 is 19.0. The molecule has 0 radical (unpaired) electrons. The molecule has 14 heavy (non-hydrogen) atoms. The second-order valence-electron chi connectivity index (χ2n) is 3.12. The first-order valence-electron chi connectivity index (χ1n) is 4.34. The smallest absolute Gasteiger partial charge is 0.147 e. The molecular formula is C10H13BrFNO. The average Bonchev–Trinajstić information content (AvgIpc) is 2.10. The molecule has 0 aliphatic carbocycles. The van der Waals surface area contributed by atoms with Crippen molar-refractivity contribution in [2.24, 2.45) is 0 Å². The maximum absolute atomic E-state index is 13.3. The molecule has 1 N–H and O–H groups in total. The molecule has 0 saturated carbocycles. The number of benzene rings is 1. The molecule has 0 amide bonds. The Morgan fingerprint density at radius 1 is 1.57 bits per heavy atom. The van der Waals surface area contributed by atoms with Gasteiger partial charge in [0.05, 0.1) is 12.3 Å². The van der Waals surface area contributed by atoms with E-state index in [1.807, 2.05) is 6.92 Å². The Balaban J connectivity index is 2.67. The molecule has 1 aromatic rings. The van der Waals surface area contributed by atoms with E-state index in [0.717, 1.165) is 4.47 Å². The number of rotatable bonds is 4. The van der Waals surface area contributed by atoms with Crippen molar-refractivity contribution in [3.8, 4) is 0 Å². The van der Waals surface area contributed by atoms with E-state index in [-0.39, 0.29) is 11.9 Å². The topological polar surface area (TPSA) is 21.3 Å². The normalized spacial score (nSPS) is 12.6. The van der Waals surface area contributed by atoms with Gasteiger partial charge in [0, 0.05) is 17.6 Å². The summed E-state index contributed by atoms with van der Waals surface area (Å²) in [5.41, 5.74) is 0.498. The van der Waals surface area contributed by atoms with Crippen LogP contribution >= 0.6 is 15.9 Å². The van der Waals surface area contributed by atoms with Crippen LogP contribution in [-0.4, -0.2) is 19.8 Å². The highest BCUT2D eigenvalue weighted by Gasteiger charge is 2.05. The van der Waals surface area contributed by atoms with Gasteiger partial charge in [0.2, 0.25) is 0 Å². The largest absolute Gasteiger partial charge is 0.383 e. The number of hydrogen-bond donors (Lipinski definition) is 1. The molecule has 0 aliphatic heterocycles. The second-order valence-corrected chi connectivity index (χ2v) is 4.04. The molecule has 1 aromatic carbocycles. The van der Waals surface area contributed by atoms with Gasteiger partial charge in [-0.3, -0.25) is 0 Å². The highest BCUT2D eigenvalue weighted by Crippen LogP contribution is 2.19. The van der Waals surface area contributed by atoms with Gasteiger partial charge in [-0.1, -0.05) is 15.9 Å². The standard InChI is InChI=1S/C10H13BrFNO/c1-7(6-14-2)13-10-4-3-8(11)5-9(10)12/h3-5,7,13H,6H2,1-2H3. The molecule has 1 unspecified atom stereocenters. The van der Waals surface area contributed by atoms with Crippen LogP contribution in [0.5, 0.6) is 0 Å². The number of methoxy groups -OCH3 is 1. The van der Waals surface area contributed by atoms with E-state index in [0.29, 0.717) is 12.3 Å². The van der Waals surface area contributed by atoms with Crippen LogP contribution in [0, 0.1) is 5.82 Å². The van der Waals surface area contributed by atoms with Gasteiger partial charge in [-0.2, -0.15) is 0 Å². The van der Waals surface area contributed by atoms with Crippen molar-refractivity contribution in [2.45, 2.75) is 13.0 Å². The fourth-order valence-electron chi connectivity index (χ4n) is 1.16. The average molecular weight is 262 g/mol. The van der Waals surface area contributed by atoms with Crippen molar-refractivity contribution in [3.63, 3.8) is 0 Å². The molecule has 1 atom stereocenters. The third-order valence-electron chi connectivity index (χ3n) is 1.75. The van der Waals surface area contributed by atoms with E-state index in [1.54, 1.807) is 19.2 Å². The third kappa shape index (κ3) is 3.27. The molecular weight excluding hydrogens is 249 g/mol. The van der Waals surface area contributed by atoms with Crippen LogP contribution in [0.25, 0.3) is 0 Å². The monoisotopic (exact) mass is 261 g/mol. The quantitative estimate of drug-likeness (QED) is 0.900. The molecule has 78 valence electrons. The highest BCUT2D eigenvalue weighted by atomic mass is 79.9. The Kier molecular flexibility index (Phi) is 4.35. The summed E-state index contributed by atoms with van der Waals surface area (Å²) >= 11 is 3.20. The van der Waals surface area contributed by atoms with Gasteiger partial charge in [0.15, 0.2) is 0 Å². The minimum atomic E-state index is -0.262. The first-order chi connectivity index (χ1) is 6.63. The van der Waals surface area contributed by atoms with Crippen LogP contribution in [0.2, 0.25) is 0 Å². The van der Waals surface area contributed by atoms with Crippen LogP contribution in [0.15, 0.2) is 22.7 Å². The Hall–Kier alpha value is -0.610. The van der Waals surface area contributed by atoms with E-state index in [9.17, 15) is 4.39 Å². The summed E-state index contributed by atoms with van der Waals surface area (Å²) in [5, 5.41) is 3.02. The van der Waals surface area contributed by atoms with Crippen molar-refractivity contribution in [1.82, 2.24) is 0 Å². The zero-order valence-corrected chi connectivity index (χ0v) is 9.77. The molecule has 0 fully saturated rings. The van der Waals surface area contributed by atoms with Crippen molar-refractivity contribution >= 4 is 21.6 Å². The van der Waals surface area contributed by atoms with Crippen LogP contribution in [0.1, 0.15) is 6.92 Å². The number of halogens is 2. The van der Waals surface area contributed by atoms with E-state index in [2.05, 4.69) is 21.2 Å². The molecule has 2 nitrogen and oxygen atoms in total. The van der Waals surface area contributed by atoms with E-state index >= 15 is 0 Å². The van der Waals surface area contributed by atoms with Crippen molar-refractivity contribution < 1.29 is 9.13 Å². The summed E-state index contributed by atoms with van der Waals surface area (Å²) in [6, 6.07) is 5.02. The van der Waals surface area contributed by atoms with E-state index < -0.39 is 0 Å². The summed E-state index contributed by atoms with van der Waals surface area (Å²) in [7, 11) is 1.62. The van der Waals surface area contributed by atoms with Crippen LogP contribution < -0.4 is 5.32 Å². The van der Waals surface area contributed by atoms with Crippen LogP contribution in [-0.2, 0) is 4.74 Å². The SMILES string of the molecule is COCC(C)Nc1ccc(Br)cc1F. The number of hydrogen-bond acceptors (Lipinski definition) is 2. The molecule has 0 heterocycles. The van der Waals surface area contributed by atoms with Gasteiger partial charge in [-0.15, -0.1) is 0 Å². The lowest BCUT2D eigenvalue weighted by atomic mass is 10.2. The third-order valence-corrected chi connectivity index (χ3v) is 2.24. The van der Waals surface area contributed by atoms with Gasteiger partial charge in [0.25, 0.3) is 0 Å². The summed E-state index contributed by atoms with van der Waals surface area (Å²) in [6.45, 7) is 2.49. The summed E-state index contributed by atoms with van der Waals surface area (Å²) in [6.07, 6.45) is 0. The Labute approximate surface area is 91.6 Å². The summed E-state index contributed by atoms with van der Waals surface area (Å²) in [5.74, 6) is -0.262. The van der Waals surface area contributed by atoms with E-state index in [4.69, 9.17) is 4.74 Å². The molecule has 4 heteroatoms. The molecule has 0 bridgehead atoms. The van der Waals surface area contributed by atoms with Crippen molar-refractivity contribution in [2.75, 3.05) is 19.0 Å². The molecule has 1 rings (SSSR count). The lowest BCUT2D eigenvalue weighted by Crippen LogP contribution is -2.21. The van der Waals surface area contributed by atoms with Gasteiger partial charge in [0.1, 0.15) is 5.82 Å². The predicted molar refractivity (Wildman–Crippen MR) is 59.1 cm³/mol. The number of nitrogens with one attached hydrogen (secondary N) is 1. The first-order valence-corrected chi connectivity index (χ1v) is 5.13. The maximum atomic E-state index is 13.3. The van der Waals surface area contributed by atoms with Crippen LogP contribution in [0.4, 0.5) is 10.1 Å². The van der Waals surface area contributed by atoms with Gasteiger partial charge in [-0.25, -0.2) is 4.39 Å². The Bertz CT molecular complexity index is 306. The number of anilines is 1. The Morgan fingerprint density at radius 2 is 2.29 bits per heavy atom. The lowest BCUT2D eigenvalue weighted by molar-refractivity contribution is 0.190. The molecule has 0 saturated heterocycles. The second kappa shape index (κ2) is 5.32. The lowest BCUT2D eigenvalue weighted by Gasteiger charge is -2.14. The fraction of sp³-hybridized carbons (Fsp3) is 0.400. The van der Waals surface area contributed by atoms with Crippen molar-refractivity contribution in [3.05, 3.63) is 28.5 Å². The van der Waals surface area contributed by atoms with Gasteiger partial charge in [-0.05, 0) is 25.1 Å². The molecule has 0 aliphatic rings. The van der Waals surface area contributed by atoms with E-state index in [1.165, 1.54) is 6.07 Å².